The van der Waals surface area contributed by atoms with Gasteiger partial charge in [0.15, 0.2) is 0 Å². The van der Waals surface area contributed by atoms with Crippen molar-refractivity contribution in [2.24, 2.45) is 5.92 Å². The molecular formula is C27H33N3O3. The van der Waals surface area contributed by atoms with Gasteiger partial charge in [-0.1, -0.05) is 55.3 Å². The van der Waals surface area contributed by atoms with Crippen LogP contribution in [0.4, 0.5) is 0 Å². The van der Waals surface area contributed by atoms with Crippen LogP contribution in [0.25, 0.3) is 0 Å². The first-order valence-corrected chi connectivity index (χ1v) is 12.3. The molecule has 2 aromatic carbocycles. The van der Waals surface area contributed by atoms with Gasteiger partial charge < -0.3 is 20.6 Å². The predicted molar refractivity (Wildman–Crippen MR) is 126 cm³/mol. The van der Waals surface area contributed by atoms with Crippen molar-refractivity contribution >= 4 is 11.8 Å². The van der Waals surface area contributed by atoms with Crippen LogP contribution in [0.15, 0.2) is 48.5 Å². The van der Waals surface area contributed by atoms with E-state index in [2.05, 4.69) is 53.1 Å². The summed E-state index contributed by atoms with van der Waals surface area (Å²) in [5.74, 6) is 0.383. The maximum atomic E-state index is 13.0. The predicted octanol–water partition coefficient (Wildman–Crippen LogP) is 3.13. The molecule has 1 saturated heterocycles. The smallest absolute Gasteiger partial charge is 0.254 e. The average molecular weight is 448 g/mol. The summed E-state index contributed by atoms with van der Waals surface area (Å²) in [5.41, 5.74) is 4.36. The third-order valence-electron chi connectivity index (χ3n) is 7.56. The lowest BCUT2D eigenvalue weighted by atomic mass is 9.80. The van der Waals surface area contributed by atoms with Crippen LogP contribution >= 0.6 is 0 Å². The van der Waals surface area contributed by atoms with Gasteiger partial charge in [0, 0.05) is 31.1 Å². The number of nitrogens with zero attached hydrogens (tertiary/aromatic N) is 1. The summed E-state index contributed by atoms with van der Waals surface area (Å²) in [6.07, 6.45) is 5.83. The SMILES string of the molecule is O=C1CCC(N2Cc3cc(C[C@H]4CCCC[C@@H]4NCc4ccccc4)ccc3C2=O)C(O)N1. The number of hydrogen-bond acceptors (Lipinski definition) is 4. The lowest BCUT2D eigenvalue weighted by molar-refractivity contribution is -0.129. The van der Waals surface area contributed by atoms with Gasteiger partial charge in [-0.25, -0.2) is 0 Å². The minimum atomic E-state index is -0.998. The Hall–Kier alpha value is -2.70. The van der Waals surface area contributed by atoms with E-state index in [9.17, 15) is 14.7 Å². The lowest BCUT2D eigenvalue weighted by Gasteiger charge is -2.35. The van der Waals surface area contributed by atoms with E-state index < -0.39 is 6.23 Å². The number of fused-ring (bicyclic) bond motifs is 1. The van der Waals surface area contributed by atoms with E-state index in [-0.39, 0.29) is 17.9 Å². The minimum absolute atomic E-state index is 0.0446. The number of carbonyl (C=O) groups excluding carboxylic acids is 2. The molecule has 3 N–H and O–H groups in total. The molecule has 5 rings (SSSR count). The monoisotopic (exact) mass is 447 g/mol. The summed E-state index contributed by atoms with van der Waals surface area (Å²) in [4.78, 5) is 26.3. The molecule has 2 fully saturated rings. The first-order valence-electron chi connectivity index (χ1n) is 12.3. The van der Waals surface area contributed by atoms with Crippen LogP contribution in [0.3, 0.4) is 0 Å². The molecular weight excluding hydrogens is 414 g/mol. The quantitative estimate of drug-likeness (QED) is 0.636. The first-order chi connectivity index (χ1) is 16.1. The highest BCUT2D eigenvalue weighted by Gasteiger charge is 2.39. The summed E-state index contributed by atoms with van der Waals surface area (Å²) >= 11 is 0. The molecule has 1 aliphatic carbocycles. The Bertz CT molecular complexity index is 1010. The maximum absolute atomic E-state index is 13.0. The second kappa shape index (κ2) is 9.65. The zero-order chi connectivity index (χ0) is 22.8. The van der Waals surface area contributed by atoms with Gasteiger partial charge in [-0.2, -0.15) is 0 Å². The van der Waals surface area contributed by atoms with E-state index in [0.717, 1.165) is 24.1 Å². The van der Waals surface area contributed by atoms with Gasteiger partial charge in [0.25, 0.3) is 5.91 Å². The molecule has 1 saturated carbocycles. The number of aliphatic hydroxyl groups excluding tert-OH is 1. The molecule has 2 aromatic rings. The van der Waals surface area contributed by atoms with Crippen molar-refractivity contribution in [2.75, 3.05) is 0 Å². The highest BCUT2D eigenvalue weighted by molar-refractivity contribution is 5.98. The average Bonchev–Trinajstić information content (AvgIpc) is 3.14. The Morgan fingerprint density at radius 2 is 1.82 bits per heavy atom. The molecule has 2 amide bonds. The highest BCUT2D eigenvalue weighted by atomic mass is 16.3. The van der Waals surface area contributed by atoms with Crippen molar-refractivity contribution in [3.8, 4) is 0 Å². The molecule has 0 radical (unpaired) electrons. The van der Waals surface area contributed by atoms with Gasteiger partial charge in [0.2, 0.25) is 5.91 Å². The van der Waals surface area contributed by atoms with E-state index in [4.69, 9.17) is 0 Å². The number of aliphatic hydroxyl groups is 1. The summed E-state index contributed by atoms with van der Waals surface area (Å²) < 4.78 is 0. The zero-order valence-electron chi connectivity index (χ0n) is 19.0. The van der Waals surface area contributed by atoms with Gasteiger partial charge in [-0.15, -0.1) is 0 Å². The second-order valence-corrected chi connectivity index (χ2v) is 9.76. The summed E-state index contributed by atoms with van der Waals surface area (Å²) in [6, 6.07) is 16.9. The van der Waals surface area contributed by atoms with Crippen LogP contribution in [0.2, 0.25) is 0 Å². The van der Waals surface area contributed by atoms with Gasteiger partial charge >= 0.3 is 0 Å². The lowest BCUT2D eigenvalue weighted by Crippen LogP contribution is -2.55. The van der Waals surface area contributed by atoms with E-state index in [1.54, 1.807) is 4.90 Å². The Balaban J connectivity index is 1.25. The van der Waals surface area contributed by atoms with Crippen LogP contribution in [-0.2, 0) is 24.3 Å². The van der Waals surface area contributed by atoms with Crippen LogP contribution in [0, 0.1) is 5.92 Å². The fraction of sp³-hybridized carbons (Fsp3) is 0.481. The van der Waals surface area contributed by atoms with E-state index in [0.29, 0.717) is 31.3 Å². The van der Waals surface area contributed by atoms with Gasteiger partial charge in [-0.3, -0.25) is 9.59 Å². The highest BCUT2D eigenvalue weighted by Crippen LogP contribution is 2.32. The Kier molecular flexibility index (Phi) is 6.47. The minimum Gasteiger partial charge on any atom is -0.372 e. The summed E-state index contributed by atoms with van der Waals surface area (Å²) in [5, 5.41) is 16.7. The summed E-state index contributed by atoms with van der Waals surface area (Å²) in [6.45, 7) is 1.40. The first kappa shape index (κ1) is 22.1. The molecule has 2 aliphatic heterocycles. The molecule has 33 heavy (non-hydrogen) atoms. The third-order valence-corrected chi connectivity index (χ3v) is 7.56. The number of piperidine rings is 1. The number of amides is 2. The van der Waals surface area contributed by atoms with Crippen molar-refractivity contribution in [3.63, 3.8) is 0 Å². The number of hydrogen-bond donors (Lipinski definition) is 3. The van der Waals surface area contributed by atoms with Gasteiger partial charge in [0.05, 0.1) is 6.04 Å². The van der Waals surface area contributed by atoms with E-state index >= 15 is 0 Å². The molecule has 6 nitrogen and oxygen atoms in total. The number of nitrogens with one attached hydrogen (secondary N) is 2. The standard InChI is InChI=1S/C27H33N3O3/c31-25-13-12-24(26(32)29-25)30-17-21-15-19(10-11-22(21)27(30)33)14-20-8-4-5-9-23(20)28-16-18-6-2-1-3-7-18/h1-3,6-7,10-11,15,20,23-24,26,28,32H,4-5,8-9,12-14,16-17H2,(H,29,31)/t20-,23+,24?,26?/m1/s1. The van der Waals surface area contributed by atoms with Crippen molar-refractivity contribution < 1.29 is 14.7 Å². The fourth-order valence-electron chi connectivity index (χ4n) is 5.76. The van der Waals surface area contributed by atoms with Crippen molar-refractivity contribution in [2.45, 2.75) is 76.3 Å². The number of rotatable bonds is 6. The van der Waals surface area contributed by atoms with E-state index in [1.165, 1.54) is 36.8 Å². The Morgan fingerprint density at radius 1 is 1.00 bits per heavy atom. The molecule has 2 heterocycles. The molecule has 3 aliphatic rings. The zero-order valence-corrected chi connectivity index (χ0v) is 19.0. The summed E-state index contributed by atoms with van der Waals surface area (Å²) in [7, 11) is 0. The maximum Gasteiger partial charge on any atom is 0.254 e. The van der Waals surface area contributed by atoms with Crippen LogP contribution in [0.5, 0.6) is 0 Å². The van der Waals surface area contributed by atoms with Crippen LogP contribution in [0.1, 0.15) is 65.6 Å². The number of carbonyl (C=O) groups is 2. The Labute approximate surface area is 195 Å². The molecule has 2 unspecified atom stereocenters. The Morgan fingerprint density at radius 3 is 2.64 bits per heavy atom. The normalized spacial score (nSPS) is 27.4. The van der Waals surface area contributed by atoms with E-state index in [1.807, 2.05) is 6.07 Å². The molecule has 4 atom stereocenters. The van der Waals surface area contributed by atoms with Gasteiger partial charge in [0.1, 0.15) is 6.23 Å². The molecule has 174 valence electrons. The molecule has 0 bridgehead atoms. The second-order valence-electron chi connectivity index (χ2n) is 9.76. The van der Waals surface area contributed by atoms with Crippen LogP contribution < -0.4 is 10.6 Å². The van der Waals surface area contributed by atoms with Gasteiger partial charge in [-0.05, 0) is 54.4 Å². The number of benzene rings is 2. The fourth-order valence-corrected chi connectivity index (χ4v) is 5.76. The van der Waals surface area contributed by atoms with Crippen molar-refractivity contribution in [3.05, 3.63) is 70.8 Å². The third kappa shape index (κ3) is 4.82. The van der Waals surface area contributed by atoms with Crippen molar-refractivity contribution in [1.82, 2.24) is 15.5 Å². The topological polar surface area (TPSA) is 81.7 Å². The largest absolute Gasteiger partial charge is 0.372 e. The van der Waals surface area contributed by atoms with Crippen LogP contribution in [-0.4, -0.2) is 40.1 Å². The molecule has 6 heteroatoms. The molecule has 0 aromatic heterocycles. The van der Waals surface area contributed by atoms with Crippen molar-refractivity contribution in [1.29, 1.82) is 0 Å². The molecule has 0 spiro atoms.